The molecule has 0 heterocycles. The van der Waals surface area contributed by atoms with E-state index < -0.39 is 5.82 Å². The van der Waals surface area contributed by atoms with Crippen LogP contribution in [0.3, 0.4) is 0 Å². The predicted octanol–water partition coefficient (Wildman–Crippen LogP) is 7.82. The second kappa shape index (κ2) is 12.7. The zero-order valence-electron chi connectivity index (χ0n) is 19.3. The van der Waals surface area contributed by atoms with Gasteiger partial charge in [0.2, 0.25) is 0 Å². The number of aryl methyl sites for hydroxylation is 2. The SMILES string of the molecule is CCCCCCC[C@H]1CC[C@H](C(=O)Oc2ccc(CCc3ccc(F)cc3)cc2F)CC1. The molecule has 1 fully saturated rings. The summed E-state index contributed by atoms with van der Waals surface area (Å²) in [5.41, 5.74) is 1.82. The average molecular weight is 443 g/mol. The maximum Gasteiger partial charge on any atom is 0.314 e. The highest BCUT2D eigenvalue weighted by Crippen LogP contribution is 2.33. The van der Waals surface area contributed by atoms with E-state index in [2.05, 4.69) is 6.92 Å². The fourth-order valence-corrected chi connectivity index (χ4v) is 4.64. The van der Waals surface area contributed by atoms with E-state index >= 15 is 0 Å². The predicted molar refractivity (Wildman–Crippen MR) is 125 cm³/mol. The van der Waals surface area contributed by atoms with E-state index in [1.807, 2.05) is 0 Å². The van der Waals surface area contributed by atoms with Gasteiger partial charge in [0.25, 0.3) is 0 Å². The topological polar surface area (TPSA) is 26.3 Å². The standard InChI is InChI=1S/C28H36F2O2/c1-2-3-4-5-6-7-21-10-15-24(16-11-21)28(31)32-27-19-14-23(20-26(27)30)9-8-22-12-17-25(29)18-13-22/h12-14,17-21,24H,2-11,15-16H2,1H3/t21-,24-. The van der Waals surface area contributed by atoms with Crippen LogP contribution in [0.4, 0.5) is 8.78 Å². The normalized spacial score (nSPS) is 18.5. The molecule has 0 spiro atoms. The van der Waals surface area contributed by atoms with Gasteiger partial charge in [-0.15, -0.1) is 0 Å². The third kappa shape index (κ3) is 7.72. The van der Waals surface area contributed by atoms with Crippen molar-refractivity contribution in [2.24, 2.45) is 11.8 Å². The summed E-state index contributed by atoms with van der Waals surface area (Å²) >= 11 is 0. The van der Waals surface area contributed by atoms with Crippen LogP contribution >= 0.6 is 0 Å². The van der Waals surface area contributed by atoms with Crippen LogP contribution < -0.4 is 4.74 Å². The molecule has 0 atom stereocenters. The molecular formula is C28H36F2O2. The van der Waals surface area contributed by atoms with Gasteiger partial charge in [-0.2, -0.15) is 0 Å². The number of hydrogen-bond acceptors (Lipinski definition) is 2. The Kier molecular flexibility index (Phi) is 9.70. The Morgan fingerprint density at radius 2 is 1.53 bits per heavy atom. The fourth-order valence-electron chi connectivity index (χ4n) is 4.64. The van der Waals surface area contributed by atoms with Crippen molar-refractivity contribution in [3.8, 4) is 5.75 Å². The van der Waals surface area contributed by atoms with E-state index in [1.54, 1.807) is 24.3 Å². The van der Waals surface area contributed by atoms with Gasteiger partial charge in [-0.05, 0) is 79.8 Å². The maximum absolute atomic E-state index is 14.5. The lowest BCUT2D eigenvalue weighted by molar-refractivity contribution is -0.140. The Balaban J connectivity index is 1.41. The molecule has 0 aliphatic heterocycles. The van der Waals surface area contributed by atoms with E-state index in [0.29, 0.717) is 12.8 Å². The summed E-state index contributed by atoms with van der Waals surface area (Å²) in [5, 5.41) is 0. The first-order chi connectivity index (χ1) is 15.5. The van der Waals surface area contributed by atoms with E-state index in [4.69, 9.17) is 4.74 Å². The van der Waals surface area contributed by atoms with Gasteiger partial charge in [0.15, 0.2) is 11.6 Å². The first kappa shape index (κ1) is 24.4. The van der Waals surface area contributed by atoms with Gasteiger partial charge in [0.05, 0.1) is 5.92 Å². The molecule has 0 N–H and O–H groups in total. The molecule has 3 rings (SSSR count). The molecule has 0 bridgehead atoms. The molecular weight excluding hydrogens is 406 g/mol. The molecule has 1 aliphatic rings. The third-order valence-corrected chi connectivity index (χ3v) is 6.72. The van der Waals surface area contributed by atoms with E-state index in [9.17, 15) is 13.6 Å². The highest BCUT2D eigenvalue weighted by atomic mass is 19.1. The molecule has 0 amide bonds. The highest BCUT2D eigenvalue weighted by molar-refractivity contribution is 5.75. The van der Waals surface area contributed by atoms with Crippen LogP contribution in [-0.4, -0.2) is 5.97 Å². The number of unbranched alkanes of at least 4 members (excludes halogenated alkanes) is 4. The van der Waals surface area contributed by atoms with Crippen molar-refractivity contribution in [3.05, 3.63) is 65.2 Å². The first-order valence-electron chi connectivity index (χ1n) is 12.3. The average Bonchev–Trinajstić information content (AvgIpc) is 2.80. The van der Waals surface area contributed by atoms with Gasteiger partial charge >= 0.3 is 5.97 Å². The molecule has 2 aromatic rings. The van der Waals surface area contributed by atoms with E-state index in [0.717, 1.165) is 42.7 Å². The molecule has 2 nitrogen and oxygen atoms in total. The van der Waals surface area contributed by atoms with E-state index in [1.165, 1.54) is 56.7 Å². The van der Waals surface area contributed by atoms with Crippen LogP contribution in [0.2, 0.25) is 0 Å². The number of rotatable bonds is 11. The molecule has 2 aromatic carbocycles. The Labute approximate surface area is 191 Å². The molecule has 0 radical (unpaired) electrons. The van der Waals surface area contributed by atoms with Gasteiger partial charge in [0, 0.05) is 0 Å². The number of carbonyl (C=O) groups excluding carboxylic acids is 1. The van der Waals surface area contributed by atoms with Crippen LogP contribution in [-0.2, 0) is 17.6 Å². The van der Waals surface area contributed by atoms with Crippen LogP contribution in [0.15, 0.2) is 42.5 Å². The summed E-state index contributed by atoms with van der Waals surface area (Å²) in [4.78, 5) is 12.6. The number of halogens is 2. The molecule has 0 unspecified atom stereocenters. The minimum Gasteiger partial charge on any atom is -0.423 e. The third-order valence-electron chi connectivity index (χ3n) is 6.72. The van der Waals surface area contributed by atoms with Crippen molar-refractivity contribution in [3.63, 3.8) is 0 Å². The molecule has 32 heavy (non-hydrogen) atoms. The van der Waals surface area contributed by atoms with Crippen molar-refractivity contribution in [1.82, 2.24) is 0 Å². The van der Waals surface area contributed by atoms with Gasteiger partial charge in [-0.1, -0.05) is 63.6 Å². The number of esters is 1. The Morgan fingerprint density at radius 1 is 0.875 bits per heavy atom. The van der Waals surface area contributed by atoms with Crippen molar-refractivity contribution in [2.75, 3.05) is 0 Å². The van der Waals surface area contributed by atoms with Gasteiger partial charge in [-0.25, -0.2) is 8.78 Å². The zero-order chi connectivity index (χ0) is 22.8. The van der Waals surface area contributed by atoms with Gasteiger partial charge in [-0.3, -0.25) is 4.79 Å². The van der Waals surface area contributed by atoms with Crippen molar-refractivity contribution >= 4 is 5.97 Å². The Morgan fingerprint density at radius 3 is 2.22 bits per heavy atom. The molecule has 174 valence electrons. The lowest BCUT2D eigenvalue weighted by Gasteiger charge is -2.27. The summed E-state index contributed by atoms with van der Waals surface area (Å²) in [6.45, 7) is 2.23. The van der Waals surface area contributed by atoms with E-state index in [-0.39, 0.29) is 23.5 Å². The zero-order valence-corrected chi connectivity index (χ0v) is 19.3. The fraction of sp³-hybridized carbons (Fsp3) is 0.536. The summed E-state index contributed by atoms with van der Waals surface area (Å²) in [7, 11) is 0. The van der Waals surface area contributed by atoms with Crippen LogP contribution in [0, 0.1) is 23.5 Å². The minimum absolute atomic E-state index is 0.0126. The summed E-state index contributed by atoms with van der Waals surface area (Å²) in [6.07, 6.45) is 12.9. The van der Waals surface area contributed by atoms with Crippen LogP contribution in [0.25, 0.3) is 0 Å². The largest absolute Gasteiger partial charge is 0.423 e. The van der Waals surface area contributed by atoms with Crippen LogP contribution in [0.5, 0.6) is 5.75 Å². The second-order valence-electron chi connectivity index (χ2n) is 9.23. The van der Waals surface area contributed by atoms with Crippen LogP contribution in [0.1, 0.15) is 82.3 Å². The molecule has 1 saturated carbocycles. The number of carbonyl (C=O) groups is 1. The smallest absolute Gasteiger partial charge is 0.314 e. The monoisotopic (exact) mass is 442 g/mol. The lowest BCUT2D eigenvalue weighted by Crippen LogP contribution is -2.26. The summed E-state index contributed by atoms with van der Waals surface area (Å²) < 4.78 is 32.9. The Hall–Kier alpha value is -2.23. The summed E-state index contributed by atoms with van der Waals surface area (Å²) in [5.74, 6) is -0.456. The molecule has 1 aliphatic carbocycles. The van der Waals surface area contributed by atoms with Gasteiger partial charge < -0.3 is 4.74 Å². The van der Waals surface area contributed by atoms with Crippen molar-refractivity contribution in [2.45, 2.75) is 84.0 Å². The first-order valence-corrected chi connectivity index (χ1v) is 12.3. The number of hydrogen-bond donors (Lipinski definition) is 0. The second-order valence-corrected chi connectivity index (χ2v) is 9.23. The lowest BCUT2D eigenvalue weighted by atomic mass is 9.80. The number of benzene rings is 2. The van der Waals surface area contributed by atoms with Crippen molar-refractivity contribution < 1.29 is 18.3 Å². The number of ether oxygens (including phenoxy) is 1. The maximum atomic E-state index is 14.5. The molecule has 4 heteroatoms. The Bertz CT molecular complexity index is 839. The summed E-state index contributed by atoms with van der Waals surface area (Å²) in [6, 6.07) is 11.1. The minimum atomic E-state index is -0.504. The molecule has 0 saturated heterocycles. The van der Waals surface area contributed by atoms with Crippen molar-refractivity contribution in [1.29, 1.82) is 0 Å². The van der Waals surface area contributed by atoms with Gasteiger partial charge in [0.1, 0.15) is 5.82 Å². The highest BCUT2D eigenvalue weighted by Gasteiger charge is 2.28. The quantitative estimate of drug-likeness (QED) is 0.201. The molecule has 0 aromatic heterocycles.